The highest BCUT2D eigenvalue weighted by Crippen LogP contribution is 2.21. The summed E-state index contributed by atoms with van der Waals surface area (Å²) < 4.78 is 1.95. The number of hydrogen-bond acceptors (Lipinski definition) is 2. The van der Waals surface area contributed by atoms with Crippen LogP contribution in [0.5, 0.6) is 0 Å². The third-order valence-corrected chi connectivity index (χ3v) is 3.10. The number of nitrogens with one attached hydrogen (secondary N) is 2. The maximum Gasteiger partial charge on any atom is 0.267 e. The van der Waals surface area contributed by atoms with Gasteiger partial charge in [-0.1, -0.05) is 23.2 Å². The molecule has 2 rings (SSSR count). The van der Waals surface area contributed by atoms with Crippen LogP contribution < -0.4 is 5.32 Å². The molecule has 0 aliphatic rings. The van der Waals surface area contributed by atoms with Crippen molar-refractivity contribution in [3.63, 3.8) is 0 Å². The number of H-pyrrole nitrogens is 1. The molecule has 0 radical (unpaired) electrons. The Morgan fingerprint density at radius 1 is 1.50 bits per heavy atom. The molecule has 2 N–H and O–H groups in total. The fourth-order valence-corrected chi connectivity index (χ4v) is 1.82. The third-order valence-electron chi connectivity index (χ3n) is 2.41. The summed E-state index contributed by atoms with van der Waals surface area (Å²) in [5.74, 6) is -0.213. The average molecular weight is 287 g/mol. The number of aromatic nitrogens is 3. The Labute approximate surface area is 114 Å². The van der Waals surface area contributed by atoms with Crippen LogP contribution in [0.2, 0.25) is 10.2 Å². The Morgan fingerprint density at radius 2 is 2.33 bits per heavy atom. The van der Waals surface area contributed by atoms with Crippen molar-refractivity contribution < 1.29 is 4.79 Å². The van der Waals surface area contributed by atoms with E-state index < -0.39 is 0 Å². The summed E-state index contributed by atoms with van der Waals surface area (Å²) in [5, 5.41) is 3.41. The number of carbonyl (C=O) groups excluding carboxylic acids is 1. The SMILES string of the molecule is O=C(NCCCn1ccnc1)c1cc(Cl)c(Cl)[nH]1. The summed E-state index contributed by atoms with van der Waals surface area (Å²) in [4.78, 5) is 18.3. The van der Waals surface area contributed by atoms with E-state index in [-0.39, 0.29) is 11.1 Å². The van der Waals surface area contributed by atoms with Gasteiger partial charge in [0.15, 0.2) is 0 Å². The molecule has 0 unspecified atom stereocenters. The molecule has 2 heterocycles. The van der Waals surface area contributed by atoms with Gasteiger partial charge in [0.1, 0.15) is 10.8 Å². The highest BCUT2D eigenvalue weighted by Gasteiger charge is 2.10. The number of aryl methyl sites for hydroxylation is 1. The molecule has 0 spiro atoms. The summed E-state index contributed by atoms with van der Waals surface area (Å²) in [6.45, 7) is 1.39. The summed E-state index contributed by atoms with van der Waals surface area (Å²) >= 11 is 11.5. The van der Waals surface area contributed by atoms with Crippen LogP contribution in [0.3, 0.4) is 0 Å². The van der Waals surface area contributed by atoms with Gasteiger partial charge in [0, 0.05) is 25.5 Å². The van der Waals surface area contributed by atoms with Crippen molar-refractivity contribution in [2.24, 2.45) is 0 Å². The zero-order chi connectivity index (χ0) is 13.0. The van der Waals surface area contributed by atoms with Crippen LogP contribution in [-0.4, -0.2) is 27.0 Å². The Kier molecular flexibility index (Phi) is 4.28. The maximum absolute atomic E-state index is 11.7. The second-order valence-corrected chi connectivity index (χ2v) is 4.54. The van der Waals surface area contributed by atoms with Crippen LogP contribution in [0.15, 0.2) is 24.8 Å². The number of amides is 1. The molecule has 0 aromatic carbocycles. The van der Waals surface area contributed by atoms with Crippen LogP contribution in [0.4, 0.5) is 0 Å². The number of carbonyl (C=O) groups is 1. The molecule has 1 amide bonds. The van der Waals surface area contributed by atoms with E-state index >= 15 is 0 Å². The van der Waals surface area contributed by atoms with Gasteiger partial charge in [0.25, 0.3) is 5.91 Å². The van der Waals surface area contributed by atoms with E-state index in [1.165, 1.54) is 6.07 Å². The zero-order valence-corrected chi connectivity index (χ0v) is 11.0. The van der Waals surface area contributed by atoms with Crippen molar-refractivity contribution in [1.29, 1.82) is 0 Å². The fraction of sp³-hybridized carbons (Fsp3) is 0.273. The van der Waals surface area contributed by atoms with E-state index in [1.54, 1.807) is 12.5 Å². The van der Waals surface area contributed by atoms with Crippen molar-refractivity contribution >= 4 is 29.1 Å². The predicted molar refractivity (Wildman–Crippen MR) is 70.0 cm³/mol. The number of rotatable bonds is 5. The summed E-state index contributed by atoms with van der Waals surface area (Å²) in [6, 6.07) is 1.51. The highest BCUT2D eigenvalue weighted by atomic mass is 35.5. The molecule has 2 aromatic rings. The van der Waals surface area contributed by atoms with E-state index in [0.717, 1.165) is 13.0 Å². The fourth-order valence-electron chi connectivity index (χ4n) is 1.50. The quantitative estimate of drug-likeness (QED) is 0.829. The van der Waals surface area contributed by atoms with Crippen molar-refractivity contribution in [2.45, 2.75) is 13.0 Å². The molecule has 5 nitrogen and oxygen atoms in total. The number of halogens is 2. The van der Waals surface area contributed by atoms with Crippen LogP contribution in [0.1, 0.15) is 16.9 Å². The van der Waals surface area contributed by atoms with E-state index in [9.17, 15) is 4.79 Å². The second-order valence-electron chi connectivity index (χ2n) is 3.75. The van der Waals surface area contributed by atoms with E-state index in [2.05, 4.69) is 15.3 Å². The van der Waals surface area contributed by atoms with Crippen LogP contribution >= 0.6 is 23.2 Å². The molecule has 96 valence electrons. The van der Waals surface area contributed by atoms with E-state index in [4.69, 9.17) is 23.2 Å². The highest BCUT2D eigenvalue weighted by molar-refractivity contribution is 6.41. The molecule has 18 heavy (non-hydrogen) atoms. The van der Waals surface area contributed by atoms with E-state index in [1.807, 2.05) is 10.8 Å². The summed E-state index contributed by atoms with van der Waals surface area (Å²) in [6.07, 6.45) is 6.17. The van der Waals surface area contributed by atoms with Crippen LogP contribution in [0.25, 0.3) is 0 Å². The van der Waals surface area contributed by atoms with Gasteiger partial charge in [-0.3, -0.25) is 4.79 Å². The second kappa shape index (κ2) is 5.93. The van der Waals surface area contributed by atoms with Gasteiger partial charge in [-0.15, -0.1) is 0 Å². The van der Waals surface area contributed by atoms with Crippen LogP contribution in [0, 0.1) is 0 Å². The minimum atomic E-state index is -0.213. The molecule has 0 aliphatic carbocycles. The normalized spacial score (nSPS) is 10.6. The molecule has 0 atom stereocenters. The van der Waals surface area contributed by atoms with E-state index in [0.29, 0.717) is 17.3 Å². The Morgan fingerprint density at radius 3 is 2.94 bits per heavy atom. The van der Waals surface area contributed by atoms with Crippen LogP contribution in [-0.2, 0) is 6.54 Å². The topological polar surface area (TPSA) is 62.7 Å². The first-order chi connectivity index (χ1) is 8.66. The Bertz CT molecular complexity index is 502. The minimum Gasteiger partial charge on any atom is -0.351 e. The van der Waals surface area contributed by atoms with Gasteiger partial charge >= 0.3 is 0 Å². The first-order valence-corrected chi connectivity index (χ1v) is 6.20. The number of hydrogen-bond donors (Lipinski definition) is 2. The standard InChI is InChI=1S/C11H12Cl2N4O/c12-8-6-9(16-10(8)13)11(18)15-2-1-4-17-5-3-14-7-17/h3,5-7,16H,1-2,4H2,(H,15,18). The molecule has 2 aromatic heterocycles. The lowest BCUT2D eigenvalue weighted by Crippen LogP contribution is -2.25. The number of imidazole rings is 1. The van der Waals surface area contributed by atoms with Gasteiger partial charge < -0.3 is 14.9 Å². The van der Waals surface area contributed by atoms with Crippen molar-refractivity contribution in [3.05, 3.63) is 40.7 Å². The third kappa shape index (κ3) is 3.27. The first-order valence-electron chi connectivity index (χ1n) is 5.45. The van der Waals surface area contributed by atoms with Crippen molar-refractivity contribution in [1.82, 2.24) is 19.9 Å². The first kappa shape index (κ1) is 13.0. The molecular formula is C11H12Cl2N4O. The monoisotopic (exact) mass is 286 g/mol. The predicted octanol–water partition coefficient (Wildman–Crippen LogP) is 2.34. The Balaban J connectivity index is 1.75. The molecule has 0 saturated heterocycles. The molecule has 7 heteroatoms. The van der Waals surface area contributed by atoms with Gasteiger partial charge in [-0.05, 0) is 12.5 Å². The molecule has 0 bridgehead atoms. The number of nitrogens with zero attached hydrogens (tertiary/aromatic N) is 2. The number of aromatic amines is 1. The molecular weight excluding hydrogens is 275 g/mol. The summed E-state index contributed by atoms with van der Waals surface area (Å²) in [7, 11) is 0. The average Bonchev–Trinajstić information content (AvgIpc) is 2.96. The smallest absolute Gasteiger partial charge is 0.267 e. The molecule has 0 aliphatic heterocycles. The lowest BCUT2D eigenvalue weighted by molar-refractivity contribution is 0.0948. The zero-order valence-electron chi connectivity index (χ0n) is 9.49. The van der Waals surface area contributed by atoms with Crippen molar-refractivity contribution in [2.75, 3.05) is 6.54 Å². The van der Waals surface area contributed by atoms with Crippen molar-refractivity contribution in [3.8, 4) is 0 Å². The lowest BCUT2D eigenvalue weighted by atomic mass is 10.3. The Hall–Kier alpha value is -1.46. The largest absolute Gasteiger partial charge is 0.351 e. The van der Waals surface area contributed by atoms with Gasteiger partial charge in [0.05, 0.1) is 11.3 Å². The van der Waals surface area contributed by atoms with Gasteiger partial charge in [-0.2, -0.15) is 0 Å². The lowest BCUT2D eigenvalue weighted by Gasteiger charge is -2.04. The molecule has 0 saturated carbocycles. The van der Waals surface area contributed by atoms with Gasteiger partial charge in [-0.25, -0.2) is 4.98 Å². The minimum absolute atomic E-state index is 0.213. The molecule has 0 fully saturated rings. The summed E-state index contributed by atoms with van der Waals surface area (Å²) in [5.41, 5.74) is 0.368. The maximum atomic E-state index is 11.7. The van der Waals surface area contributed by atoms with Gasteiger partial charge in [0.2, 0.25) is 0 Å².